The number of carbonyl (C=O) groups excluding carboxylic acids is 2. The van der Waals surface area contributed by atoms with Crippen LogP contribution in [0.4, 0.5) is 0 Å². The summed E-state index contributed by atoms with van der Waals surface area (Å²) in [5.74, 6) is -0.822. The number of hydrogen-bond donors (Lipinski definition) is 0. The van der Waals surface area contributed by atoms with Crippen LogP contribution in [0.2, 0.25) is 0 Å². The number of benzene rings is 2. The van der Waals surface area contributed by atoms with Crippen molar-refractivity contribution in [2.75, 3.05) is 32.8 Å². The molecular formula is C23H25N3O5S. The van der Waals surface area contributed by atoms with Gasteiger partial charge in [-0.25, -0.2) is 8.42 Å². The molecule has 0 saturated carbocycles. The van der Waals surface area contributed by atoms with Crippen molar-refractivity contribution in [3.63, 3.8) is 0 Å². The van der Waals surface area contributed by atoms with Crippen molar-refractivity contribution >= 4 is 32.8 Å². The van der Waals surface area contributed by atoms with Gasteiger partial charge in [0, 0.05) is 37.4 Å². The smallest absolute Gasteiger partial charge is 0.326 e. The second-order valence-corrected chi connectivity index (χ2v) is 9.63. The van der Waals surface area contributed by atoms with Crippen molar-refractivity contribution in [3.8, 4) is 0 Å². The fourth-order valence-corrected chi connectivity index (χ4v) is 5.33. The Morgan fingerprint density at radius 2 is 1.59 bits per heavy atom. The quantitative estimate of drug-likeness (QED) is 0.531. The predicted molar refractivity (Wildman–Crippen MR) is 119 cm³/mol. The molecular weight excluding hydrogens is 430 g/mol. The minimum atomic E-state index is -3.58. The van der Waals surface area contributed by atoms with Crippen LogP contribution in [0.15, 0.2) is 65.6 Å². The van der Waals surface area contributed by atoms with Crippen LogP contribution >= 0.6 is 0 Å². The van der Waals surface area contributed by atoms with E-state index in [0.717, 1.165) is 16.6 Å². The molecule has 3 aromatic rings. The van der Waals surface area contributed by atoms with Crippen molar-refractivity contribution in [1.82, 2.24) is 13.8 Å². The van der Waals surface area contributed by atoms with Gasteiger partial charge in [-0.15, -0.1) is 0 Å². The van der Waals surface area contributed by atoms with E-state index in [1.165, 1.54) is 9.21 Å². The largest absolute Gasteiger partial charge is 0.454 e. The minimum absolute atomic E-state index is 0.0235. The number of amides is 1. The minimum Gasteiger partial charge on any atom is -0.454 e. The summed E-state index contributed by atoms with van der Waals surface area (Å²) in [7, 11) is -3.58. The molecule has 0 radical (unpaired) electrons. The number of para-hydroxylation sites is 1. The van der Waals surface area contributed by atoms with Gasteiger partial charge in [-0.3, -0.25) is 9.59 Å². The summed E-state index contributed by atoms with van der Waals surface area (Å²) >= 11 is 0. The molecule has 1 aromatic heterocycles. The topological polar surface area (TPSA) is 88.9 Å². The zero-order valence-corrected chi connectivity index (χ0v) is 18.6. The van der Waals surface area contributed by atoms with Crippen molar-refractivity contribution in [1.29, 1.82) is 0 Å². The predicted octanol–water partition coefficient (Wildman–Crippen LogP) is 2.03. The number of rotatable bonds is 6. The van der Waals surface area contributed by atoms with Gasteiger partial charge in [0.1, 0.15) is 6.54 Å². The molecule has 32 heavy (non-hydrogen) atoms. The number of carbonyl (C=O) groups is 2. The number of ether oxygens (including phenoxy) is 1. The van der Waals surface area contributed by atoms with Gasteiger partial charge in [0.2, 0.25) is 10.0 Å². The second-order valence-electron chi connectivity index (χ2n) is 7.69. The second kappa shape index (κ2) is 9.13. The summed E-state index contributed by atoms with van der Waals surface area (Å²) in [6.45, 7) is 2.49. The van der Waals surface area contributed by atoms with Crippen LogP contribution in [-0.4, -0.2) is 66.9 Å². The number of piperazine rings is 1. The van der Waals surface area contributed by atoms with Gasteiger partial charge in [-0.1, -0.05) is 36.4 Å². The molecule has 0 spiro atoms. The number of sulfonamides is 1. The van der Waals surface area contributed by atoms with Gasteiger partial charge in [0.15, 0.2) is 6.61 Å². The highest BCUT2D eigenvalue weighted by Gasteiger charge is 2.30. The first-order valence-electron chi connectivity index (χ1n) is 10.4. The highest BCUT2D eigenvalue weighted by Crippen LogP contribution is 2.19. The van der Waals surface area contributed by atoms with Crippen LogP contribution in [0.25, 0.3) is 10.9 Å². The van der Waals surface area contributed by atoms with E-state index in [4.69, 9.17) is 4.74 Å². The molecule has 1 fully saturated rings. The Bertz CT molecular complexity index is 1230. The van der Waals surface area contributed by atoms with Crippen LogP contribution < -0.4 is 0 Å². The summed E-state index contributed by atoms with van der Waals surface area (Å²) in [6, 6.07) is 18.0. The monoisotopic (exact) mass is 455 g/mol. The van der Waals surface area contributed by atoms with E-state index < -0.39 is 16.0 Å². The molecule has 0 unspecified atom stereocenters. The van der Waals surface area contributed by atoms with E-state index in [0.29, 0.717) is 0 Å². The first kappa shape index (κ1) is 22.0. The standard InChI is InChI=1S/C23H25N3O5S/c1-18-15-19-7-5-6-10-21(19)26(18)16-23(28)31-17-22(27)24-11-13-25(14-12-24)32(29,30)20-8-3-2-4-9-20/h2-10,15H,11-14,16-17H2,1H3. The molecule has 4 rings (SSSR count). The molecule has 2 aromatic carbocycles. The Labute approximate surface area is 187 Å². The SMILES string of the molecule is Cc1cc2ccccc2n1CC(=O)OCC(=O)N1CCN(S(=O)(=O)c2ccccc2)CC1. The summed E-state index contributed by atoms with van der Waals surface area (Å²) < 4.78 is 33.8. The fraction of sp³-hybridized carbons (Fsp3) is 0.304. The first-order valence-corrected chi connectivity index (χ1v) is 11.8. The maximum Gasteiger partial charge on any atom is 0.326 e. The first-order chi connectivity index (χ1) is 15.4. The molecule has 1 aliphatic heterocycles. The van der Waals surface area contributed by atoms with Gasteiger partial charge < -0.3 is 14.2 Å². The third kappa shape index (κ3) is 4.53. The van der Waals surface area contributed by atoms with Crippen LogP contribution in [0.3, 0.4) is 0 Å². The maximum atomic E-state index is 12.7. The summed E-state index contributed by atoms with van der Waals surface area (Å²) in [5, 5.41) is 1.04. The van der Waals surface area contributed by atoms with Crippen molar-refractivity contribution in [2.45, 2.75) is 18.4 Å². The van der Waals surface area contributed by atoms with Crippen LogP contribution in [0, 0.1) is 6.92 Å². The highest BCUT2D eigenvalue weighted by atomic mass is 32.2. The Hall–Kier alpha value is -3.17. The third-order valence-electron chi connectivity index (χ3n) is 5.63. The molecule has 8 nitrogen and oxygen atoms in total. The number of nitrogens with zero attached hydrogens (tertiary/aromatic N) is 3. The van der Waals surface area contributed by atoms with Crippen molar-refractivity contribution in [2.24, 2.45) is 0 Å². The average molecular weight is 456 g/mol. The van der Waals surface area contributed by atoms with Gasteiger partial charge in [0.25, 0.3) is 5.91 Å². The maximum absolute atomic E-state index is 12.7. The Morgan fingerprint density at radius 3 is 2.31 bits per heavy atom. The van der Waals surface area contributed by atoms with E-state index in [-0.39, 0.29) is 50.1 Å². The summed E-state index contributed by atoms with van der Waals surface area (Å²) in [6.07, 6.45) is 0. The van der Waals surface area contributed by atoms with Crippen molar-refractivity contribution in [3.05, 3.63) is 66.4 Å². The van der Waals surface area contributed by atoms with Crippen LogP contribution in [0.5, 0.6) is 0 Å². The lowest BCUT2D eigenvalue weighted by atomic mass is 10.2. The molecule has 1 aliphatic rings. The van der Waals surface area contributed by atoms with Crippen molar-refractivity contribution < 1.29 is 22.7 Å². The normalized spacial score (nSPS) is 15.1. The van der Waals surface area contributed by atoms with Gasteiger partial charge in [-0.05, 0) is 36.6 Å². The zero-order chi connectivity index (χ0) is 22.7. The van der Waals surface area contributed by atoms with E-state index in [1.54, 1.807) is 30.3 Å². The third-order valence-corrected chi connectivity index (χ3v) is 7.55. The molecule has 1 saturated heterocycles. The highest BCUT2D eigenvalue weighted by molar-refractivity contribution is 7.89. The van der Waals surface area contributed by atoms with E-state index in [9.17, 15) is 18.0 Å². The summed E-state index contributed by atoms with van der Waals surface area (Å²) in [5.41, 5.74) is 1.87. The number of fused-ring (bicyclic) bond motifs is 1. The average Bonchev–Trinajstić information content (AvgIpc) is 3.13. The number of esters is 1. The summed E-state index contributed by atoms with van der Waals surface area (Å²) in [4.78, 5) is 26.6. The number of hydrogen-bond acceptors (Lipinski definition) is 5. The number of aromatic nitrogens is 1. The van der Waals surface area contributed by atoms with Gasteiger partial charge in [-0.2, -0.15) is 4.31 Å². The van der Waals surface area contributed by atoms with Crippen LogP contribution in [-0.2, 0) is 30.9 Å². The van der Waals surface area contributed by atoms with E-state index in [1.807, 2.05) is 41.8 Å². The van der Waals surface area contributed by atoms with Gasteiger partial charge in [0.05, 0.1) is 4.90 Å². The molecule has 2 heterocycles. The molecule has 0 N–H and O–H groups in total. The molecule has 168 valence electrons. The Balaban J connectivity index is 1.29. The zero-order valence-electron chi connectivity index (χ0n) is 17.8. The lowest BCUT2D eigenvalue weighted by Gasteiger charge is -2.33. The number of aryl methyl sites for hydroxylation is 1. The lowest BCUT2D eigenvalue weighted by molar-refractivity contribution is -0.153. The fourth-order valence-electron chi connectivity index (χ4n) is 3.89. The molecule has 1 amide bonds. The molecule has 0 bridgehead atoms. The molecule has 0 aliphatic carbocycles. The Morgan fingerprint density at radius 1 is 0.938 bits per heavy atom. The lowest BCUT2D eigenvalue weighted by Crippen LogP contribution is -2.51. The van der Waals surface area contributed by atoms with E-state index in [2.05, 4.69) is 0 Å². The van der Waals surface area contributed by atoms with Gasteiger partial charge >= 0.3 is 5.97 Å². The Kier molecular flexibility index (Phi) is 6.29. The van der Waals surface area contributed by atoms with Crippen LogP contribution in [0.1, 0.15) is 5.69 Å². The molecule has 0 atom stereocenters. The molecule has 9 heteroatoms. The van der Waals surface area contributed by atoms with E-state index >= 15 is 0 Å².